The SMILES string of the molecule is CCO[C@@]1(C)[C@H](O)CC[C@H]2[C@@]1(C)[C@@H](OC(=O)c1ccccc1)C[C@](C)(O)[C@]2(C)/C=C/C1=CC(=O)OC1. The molecular formula is C29H38O7. The van der Waals surface area contributed by atoms with E-state index in [1.54, 1.807) is 31.2 Å². The van der Waals surface area contributed by atoms with Gasteiger partial charge in [0.2, 0.25) is 0 Å². The summed E-state index contributed by atoms with van der Waals surface area (Å²) in [5.74, 6) is -1.06. The normalized spacial score (nSPS) is 40.5. The van der Waals surface area contributed by atoms with Gasteiger partial charge in [0.1, 0.15) is 18.3 Å². The van der Waals surface area contributed by atoms with E-state index in [4.69, 9.17) is 14.2 Å². The van der Waals surface area contributed by atoms with Crippen LogP contribution in [0.2, 0.25) is 0 Å². The van der Waals surface area contributed by atoms with Gasteiger partial charge in [-0.05, 0) is 57.2 Å². The van der Waals surface area contributed by atoms with Crippen molar-refractivity contribution in [3.63, 3.8) is 0 Å². The van der Waals surface area contributed by atoms with Crippen LogP contribution in [0, 0.1) is 16.7 Å². The van der Waals surface area contributed by atoms with Crippen molar-refractivity contribution >= 4 is 11.9 Å². The zero-order valence-corrected chi connectivity index (χ0v) is 21.8. The van der Waals surface area contributed by atoms with Gasteiger partial charge in [0.05, 0.1) is 17.3 Å². The number of ether oxygens (including phenoxy) is 3. The quantitative estimate of drug-likeness (QED) is 0.572. The smallest absolute Gasteiger partial charge is 0.338 e. The molecule has 0 unspecified atom stereocenters. The topological polar surface area (TPSA) is 102 Å². The molecule has 1 aromatic rings. The summed E-state index contributed by atoms with van der Waals surface area (Å²) < 4.78 is 17.5. The molecule has 1 aliphatic heterocycles. The number of cyclic esters (lactones) is 1. The third-order valence-corrected chi connectivity index (χ3v) is 9.33. The van der Waals surface area contributed by atoms with E-state index in [0.29, 0.717) is 25.0 Å². The predicted molar refractivity (Wildman–Crippen MR) is 134 cm³/mol. The zero-order chi connectivity index (χ0) is 26.4. The summed E-state index contributed by atoms with van der Waals surface area (Å²) in [5.41, 5.74) is -2.72. The van der Waals surface area contributed by atoms with Crippen molar-refractivity contribution in [2.45, 2.75) is 77.3 Å². The number of esters is 2. The lowest BCUT2D eigenvalue weighted by atomic mass is 9.41. The van der Waals surface area contributed by atoms with Gasteiger partial charge in [-0.15, -0.1) is 0 Å². The van der Waals surface area contributed by atoms with Crippen molar-refractivity contribution in [3.8, 4) is 0 Å². The number of benzene rings is 1. The number of aliphatic hydroxyl groups is 2. The molecule has 0 radical (unpaired) electrons. The Kier molecular flexibility index (Phi) is 6.97. The molecule has 2 fully saturated rings. The standard InChI is InChI=1S/C29H38O7/c1-6-35-29(5)22(30)13-12-21-26(2,15-14-19-16-24(31)34-18-19)27(3,33)17-23(28(21,29)4)36-25(32)20-10-8-7-9-11-20/h7-11,14-16,21-23,30,33H,6,12-13,17-18H2,1-5H3/b15-14+/t21-,22-,23+,26-,27+,28+,29+/m1/s1. The first-order chi connectivity index (χ1) is 16.9. The third kappa shape index (κ3) is 4.11. The Morgan fingerprint density at radius 3 is 2.47 bits per heavy atom. The molecule has 0 amide bonds. The highest BCUT2D eigenvalue weighted by molar-refractivity contribution is 5.89. The Morgan fingerprint density at radius 1 is 1.17 bits per heavy atom. The lowest BCUT2D eigenvalue weighted by Crippen LogP contribution is -2.74. The summed E-state index contributed by atoms with van der Waals surface area (Å²) in [5, 5.41) is 23.2. The number of carbonyl (C=O) groups is 2. The molecule has 7 atom stereocenters. The molecular weight excluding hydrogens is 460 g/mol. The van der Waals surface area contributed by atoms with Crippen LogP contribution < -0.4 is 0 Å². The van der Waals surface area contributed by atoms with Gasteiger partial charge < -0.3 is 24.4 Å². The van der Waals surface area contributed by atoms with E-state index in [2.05, 4.69) is 0 Å². The largest absolute Gasteiger partial charge is 0.458 e. The molecule has 0 aromatic heterocycles. The molecule has 0 bridgehead atoms. The van der Waals surface area contributed by atoms with E-state index in [1.807, 2.05) is 45.9 Å². The van der Waals surface area contributed by atoms with Gasteiger partial charge in [-0.3, -0.25) is 0 Å². The summed E-state index contributed by atoms with van der Waals surface area (Å²) in [4.78, 5) is 24.8. The number of hydrogen-bond donors (Lipinski definition) is 2. The molecule has 2 saturated carbocycles. The Balaban J connectivity index is 1.80. The first-order valence-electron chi connectivity index (χ1n) is 12.8. The van der Waals surface area contributed by atoms with E-state index in [1.165, 1.54) is 6.08 Å². The highest BCUT2D eigenvalue weighted by Gasteiger charge is 2.71. The van der Waals surface area contributed by atoms with Crippen molar-refractivity contribution in [3.05, 3.63) is 59.7 Å². The van der Waals surface area contributed by atoms with E-state index >= 15 is 0 Å². The van der Waals surface area contributed by atoms with Gasteiger partial charge >= 0.3 is 11.9 Å². The fourth-order valence-corrected chi connectivity index (χ4v) is 6.79. The Bertz CT molecular complexity index is 1060. The van der Waals surface area contributed by atoms with Crippen molar-refractivity contribution in [2.75, 3.05) is 13.2 Å². The lowest BCUT2D eigenvalue weighted by Gasteiger charge is -2.67. The Labute approximate surface area is 213 Å². The predicted octanol–water partition coefficient (Wildman–Crippen LogP) is 3.98. The van der Waals surface area contributed by atoms with Crippen LogP contribution in [-0.2, 0) is 19.0 Å². The minimum Gasteiger partial charge on any atom is -0.458 e. The highest BCUT2D eigenvalue weighted by Crippen LogP contribution is 2.66. The van der Waals surface area contributed by atoms with Gasteiger partial charge in [0, 0.05) is 29.9 Å². The van der Waals surface area contributed by atoms with E-state index in [-0.39, 0.29) is 24.9 Å². The van der Waals surface area contributed by atoms with Gasteiger partial charge in [-0.2, -0.15) is 0 Å². The molecule has 2 N–H and O–H groups in total. The van der Waals surface area contributed by atoms with Crippen LogP contribution in [0.15, 0.2) is 54.1 Å². The summed E-state index contributed by atoms with van der Waals surface area (Å²) in [6, 6.07) is 8.79. The first kappa shape index (κ1) is 26.6. The Hall–Kier alpha value is -2.48. The first-order valence-corrected chi connectivity index (χ1v) is 12.8. The molecule has 4 rings (SSSR count). The summed E-state index contributed by atoms with van der Waals surface area (Å²) >= 11 is 0. The summed E-state index contributed by atoms with van der Waals surface area (Å²) in [6.45, 7) is 10.1. The van der Waals surface area contributed by atoms with Crippen molar-refractivity contribution in [1.29, 1.82) is 0 Å². The number of hydrogen-bond acceptors (Lipinski definition) is 7. The monoisotopic (exact) mass is 498 g/mol. The van der Waals surface area contributed by atoms with Crippen LogP contribution >= 0.6 is 0 Å². The number of rotatable bonds is 6. The van der Waals surface area contributed by atoms with Crippen LogP contribution in [0.4, 0.5) is 0 Å². The third-order valence-electron chi connectivity index (χ3n) is 9.33. The highest BCUT2D eigenvalue weighted by atomic mass is 16.6. The van der Waals surface area contributed by atoms with Gasteiger partial charge in [-0.25, -0.2) is 9.59 Å². The fourth-order valence-electron chi connectivity index (χ4n) is 6.79. The van der Waals surface area contributed by atoms with Gasteiger partial charge in [0.15, 0.2) is 0 Å². The summed E-state index contributed by atoms with van der Waals surface area (Å²) in [7, 11) is 0. The molecule has 196 valence electrons. The van der Waals surface area contributed by atoms with Crippen LogP contribution in [0.25, 0.3) is 0 Å². The molecule has 36 heavy (non-hydrogen) atoms. The maximum atomic E-state index is 13.2. The second-order valence-electron chi connectivity index (χ2n) is 11.1. The van der Waals surface area contributed by atoms with Crippen molar-refractivity contribution in [2.24, 2.45) is 16.7 Å². The van der Waals surface area contributed by atoms with E-state index in [9.17, 15) is 19.8 Å². The molecule has 7 nitrogen and oxygen atoms in total. The number of aliphatic hydroxyl groups excluding tert-OH is 1. The fraction of sp³-hybridized carbons (Fsp3) is 0.586. The average Bonchev–Trinajstić information content (AvgIpc) is 3.25. The minimum absolute atomic E-state index is 0.156. The molecule has 1 aromatic carbocycles. The molecule has 3 aliphatic rings. The molecule has 0 saturated heterocycles. The zero-order valence-electron chi connectivity index (χ0n) is 21.8. The molecule has 2 aliphatic carbocycles. The lowest BCUT2D eigenvalue weighted by molar-refractivity contribution is -0.300. The van der Waals surface area contributed by atoms with Crippen LogP contribution in [0.5, 0.6) is 0 Å². The minimum atomic E-state index is -1.26. The van der Waals surface area contributed by atoms with Crippen LogP contribution in [-0.4, -0.2) is 58.8 Å². The van der Waals surface area contributed by atoms with Gasteiger partial charge in [-0.1, -0.05) is 44.2 Å². The second-order valence-corrected chi connectivity index (χ2v) is 11.1. The number of fused-ring (bicyclic) bond motifs is 1. The average molecular weight is 499 g/mol. The summed E-state index contributed by atoms with van der Waals surface area (Å²) in [6.07, 6.45) is 5.03. The van der Waals surface area contributed by atoms with Crippen LogP contribution in [0.1, 0.15) is 64.2 Å². The van der Waals surface area contributed by atoms with Crippen molar-refractivity contribution in [1.82, 2.24) is 0 Å². The Morgan fingerprint density at radius 2 is 1.86 bits per heavy atom. The molecule has 7 heteroatoms. The maximum absolute atomic E-state index is 13.2. The second kappa shape index (κ2) is 9.43. The van der Waals surface area contributed by atoms with Gasteiger partial charge in [0.25, 0.3) is 0 Å². The van der Waals surface area contributed by atoms with E-state index < -0.39 is 40.2 Å². The van der Waals surface area contributed by atoms with E-state index in [0.717, 1.165) is 5.57 Å². The molecule has 1 heterocycles. The molecule has 0 spiro atoms. The number of carbonyl (C=O) groups excluding carboxylic acids is 2. The van der Waals surface area contributed by atoms with Crippen molar-refractivity contribution < 1.29 is 34.0 Å². The maximum Gasteiger partial charge on any atom is 0.338 e. The van der Waals surface area contributed by atoms with Crippen LogP contribution in [0.3, 0.4) is 0 Å².